The predicted octanol–water partition coefficient (Wildman–Crippen LogP) is 2.53. The van der Waals surface area contributed by atoms with E-state index in [4.69, 9.17) is 5.26 Å². The minimum atomic E-state index is -4.77. The summed E-state index contributed by atoms with van der Waals surface area (Å²) in [7, 11) is -3.77. The molecule has 0 amide bonds. The Morgan fingerprint density at radius 2 is 2.05 bits per heavy atom. The minimum absolute atomic E-state index is 0.0323. The molecule has 5 nitrogen and oxygen atoms in total. The molecule has 0 saturated carbocycles. The molecule has 0 atom stereocenters. The highest BCUT2D eigenvalue weighted by atomic mass is 32.2. The second-order valence-electron chi connectivity index (χ2n) is 3.81. The van der Waals surface area contributed by atoms with Gasteiger partial charge in [-0.2, -0.15) is 18.4 Å². The highest BCUT2D eigenvalue weighted by Gasteiger charge is 2.34. The van der Waals surface area contributed by atoms with Gasteiger partial charge in [0, 0.05) is 6.26 Å². The van der Waals surface area contributed by atoms with E-state index in [0.29, 0.717) is 6.07 Å². The first-order valence-corrected chi connectivity index (χ1v) is 8.40. The number of nitrogens with zero attached hydrogens (tertiary/aromatic N) is 2. The van der Waals surface area contributed by atoms with Gasteiger partial charge in [-0.15, -0.1) is 0 Å². The summed E-state index contributed by atoms with van der Waals surface area (Å²) in [5.74, 6) is 0. The van der Waals surface area contributed by atoms with Crippen molar-refractivity contribution in [2.75, 3.05) is 12.5 Å². The molecule has 1 N–H and O–H groups in total. The zero-order valence-corrected chi connectivity index (χ0v) is 12.5. The van der Waals surface area contributed by atoms with Crippen molar-refractivity contribution in [3.63, 3.8) is 0 Å². The van der Waals surface area contributed by atoms with Crippen LogP contribution in [0.4, 0.5) is 18.9 Å². The number of thioether (sulfide) groups is 1. The first-order chi connectivity index (χ1) is 9.59. The Balaban J connectivity index is 3.51. The number of alkyl halides is 3. The molecule has 21 heavy (non-hydrogen) atoms. The van der Waals surface area contributed by atoms with Gasteiger partial charge in [-0.1, -0.05) is 11.8 Å². The topological polar surface area (TPSA) is 82.3 Å². The molecule has 0 aliphatic rings. The van der Waals surface area contributed by atoms with Crippen LogP contribution in [0.25, 0.3) is 0 Å². The molecule has 0 radical (unpaired) electrons. The summed E-state index contributed by atoms with van der Waals surface area (Å²) in [5.41, 5.74) is -1.65. The number of hydrogen-bond donors (Lipinski definition) is 1. The van der Waals surface area contributed by atoms with Gasteiger partial charge in [0.2, 0.25) is 0 Å². The Hall–Kier alpha value is -1.73. The van der Waals surface area contributed by atoms with Crippen LogP contribution in [0, 0.1) is 11.5 Å². The van der Waals surface area contributed by atoms with E-state index >= 15 is 0 Å². The fraction of sp³-hybridized carbons (Fsp3) is 0.273. The molecule has 1 aromatic rings. The summed E-state index contributed by atoms with van der Waals surface area (Å²) >= 11 is 0.949. The number of aliphatic imine (C=N–C) groups is 1. The fourth-order valence-corrected chi connectivity index (χ4v) is 2.34. The lowest BCUT2D eigenvalue weighted by molar-refractivity contribution is -0.137. The van der Waals surface area contributed by atoms with E-state index in [2.05, 4.69) is 10.3 Å². The third-order valence-corrected chi connectivity index (χ3v) is 3.97. The quantitative estimate of drug-likeness (QED) is 0.388. The van der Waals surface area contributed by atoms with Crippen molar-refractivity contribution in [3.05, 3.63) is 23.8 Å². The molecule has 0 saturated heterocycles. The number of nitriles is 1. The number of halogens is 3. The highest BCUT2D eigenvalue weighted by Crippen LogP contribution is 2.38. The molecular weight excluding hydrogens is 327 g/mol. The SMILES string of the molecule is CSC(=Nc1ccc(S(C)(=O)=O)cc1C(F)(F)F)NC#N. The van der Waals surface area contributed by atoms with Gasteiger partial charge in [0.25, 0.3) is 0 Å². The van der Waals surface area contributed by atoms with Crippen LogP contribution < -0.4 is 5.32 Å². The number of hydrogen-bond acceptors (Lipinski definition) is 5. The molecule has 10 heteroatoms. The summed E-state index contributed by atoms with van der Waals surface area (Å²) in [4.78, 5) is 3.24. The molecule has 1 aromatic carbocycles. The molecule has 0 fully saturated rings. The van der Waals surface area contributed by atoms with Crippen molar-refractivity contribution < 1.29 is 21.6 Å². The third-order valence-electron chi connectivity index (χ3n) is 2.28. The Kier molecular flexibility index (Phi) is 5.25. The van der Waals surface area contributed by atoms with Crippen LogP contribution >= 0.6 is 11.8 Å². The number of amidine groups is 1. The smallest absolute Gasteiger partial charge is 0.271 e. The highest BCUT2D eigenvalue weighted by molar-refractivity contribution is 8.13. The van der Waals surface area contributed by atoms with Gasteiger partial charge in [-0.05, 0) is 24.5 Å². The minimum Gasteiger partial charge on any atom is -0.271 e. The molecule has 0 bridgehead atoms. The van der Waals surface area contributed by atoms with Gasteiger partial charge in [-0.25, -0.2) is 13.4 Å². The van der Waals surface area contributed by atoms with Crippen molar-refractivity contribution in [1.29, 1.82) is 5.26 Å². The van der Waals surface area contributed by atoms with Crippen molar-refractivity contribution >= 4 is 32.5 Å². The predicted molar refractivity (Wildman–Crippen MR) is 73.9 cm³/mol. The van der Waals surface area contributed by atoms with Crippen molar-refractivity contribution in [2.24, 2.45) is 4.99 Å². The van der Waals surface area contributed by atoms with E-state index in [0.717, 1.165) is 30.2 Å². The van der Waals surface area contributed by atoms with E-state index in [-0.39, 0.29) is 5.17 Å². The van der Waals surface area contributed by atoms with E-state index in [1.165, 1.54) is 6.26 Å². The lowest BCUT2D eigenvalue weighted by Crippen LogP contribution is -2.14. The molecule has 0 spiro atoms. The number of benzene rings is 1. The van der Waals surface area contributed by atoms with E-state index in [1.54, 1.807) is 6.19 Å². The Bertz CT molecular complexity index is 706. The lowest BCUT2D eigenvalue weighted by atomic mass is 10.2. The summed E-state index contributed by atoms with van der Waals surface area (Å²) in [6.07, 6.45) is -0.870. The molecule has 0 aliphatic heterocycles. The Labute approximate surface area is 123 Å². The standard InChI is InChI=1S/C11H10F3N3O2S2/c1-20-10(16-6-15)17-9-4-3-7(21(2,18)19)5-8(9)11(12,13)14/h3-5H,1-2H3,(H,16,17). The summed E-state index contributed by atoms with van der Waals surface area (Å²) in [5, 5.41) is 10.6. The summed E-state index contributed by atoms with van der Waals surface area (Å²) in [6.45, 7) is 0. The Morgan fingerprint density at radius 1 is 1.43 bits per heavy atom. The first kappa shape index (κ1) is 17.3. The molecule has 0 aromatic heterocycles. The van der Waals surface area contributed by atoms with Crippen molar-refractivity contribution in [1.82, 2.24) is 5.32 Å². The number of sulfone groups is 1. The molecular formula is C11H10F3N3O2S2. The molecule has 1 rings (SSSR count). The van der Waals surface area contributed by atoms with Gasteiger partial charge in [0.15, 0.2) is 21.2 Å². The van der Waals surface area contributed by atoms with Crippen LogP contribution in [0.15, 0.2) is 28.1 Å². The average molecular weight is 337 g/mol. The Morgan fingerprint density at radius 3 is 2.48 bits per heavy atom. The van der Waals surface area contributed by atoms with E-state index in [1.807, 2.05) is 0 Å². The normalized spacial score (nSPS) is 12.9. The van der Waals surface area contributed by atoms with Crippen LogP contribution in [-0.4, -0.2) is 26.1 Å². The molecule has 0 aliphatic carbocycles. The maximum Gasteiger partial charge on any atom is 0.418 e. The average Bonchev–Trinajstić information content (AvgIpc) is 2.36. The van der Waals surface area contributed by atoms with Crippen LogP contribution in [0.2, 0.25) is 0 Å². The molecule has 0 heterocycles. The van der Waals surface area contributed by atoms with E-state index < -0.39 is 32.2 Å². The van der Waals surface area contributed by atoms with Crippen LogP contribution in [0.3, 0.4) is 0 Å². The molecule has 0 unspecified atom stereocenters. The lowest BCUT2D eigenvalue weighted by Gasteiger charge is -2.12. The zero-order chi connectivity index (χ0) is 16.3. The monoisotopic (exact) mass is 337 g/mol. The van der Waals surface area contributed by atoms with Crippen molar-refractivity contribution in [3.8, 4) is 6.19 Å². The van der Waals surface area contributed by atoms with Gasteiger partial charge >= 0.3 is 6.18 Å². The summed E-state index contributed by atoms with van der Waals surface area (Å²) < 4.78 is 61.7. The van der Waals surface area contributed by atoms with Gasteiger partial charge in [-0.3, -0.25) is 5.32 Å². The molecule has 114 valence electrons. The first-order valence-electron chi connectivity index (χ1n) is 5.28. The van der Waals surface area contributed by atoms with Gasteiger partial charge in [0.1, 0.15) is 0 Å². The summed E-state index contributed by atoms with van der Waals surface area (Å²) in [6, 6.07) is 2.51. The largest absolute Gasteiger partial charge is 0.418 e. The van der Waals surface area contributed by atoms with Crippen molar-refractivity contribution in [2.45, 2.75) is 11.1 Å². The van der Waals surface area contributed by atoms with Gasteiger partial charge in [0.05, 0.1) is 16.1 Å². The maximum absolute atomic E-state index is 13.0. The number of nitrogens with one attached hydrogen (secondary N) is 1. The van der Waals surface area contributed by atoms with Crippen LogP contribution in [0.1, 0.15) is 5.56 Å². The van der Waals surface area contributed by atoms with Crippen LogP contribution in [-0.2, 0) is 16.0 Å². The second kappa shape index (κ2) is 6.36. The third kappa shape index (κ3) is 4.64. The zero-order valence-electron chi connectivity index (χ0n) is 10.9. The van der Waals surface area contributed by atoms with Gasteiger partial charge < -0.3 is 0 Å². The maximum atomic E-state index is 13.0. The van der Waals surface area contributed by atoms with E-state index in [9.17, 15) is 21.6 Å². The van der Waals surface area contributed by atoms with Crippen LogP contribution in [0.5, 0.6) is 0 Å². The number of rotatable bonds is 2. The second-order valence-corrected chi connectivity index (χ2v) is 6.62. The fourth-order valence-electron chi connectivity index (χ4n) is 1.35.